The quantitative estimate of drug-likeness (QED) is 0.831. The second-order valence-electron chi connectivity index (χ2n) is 7.31. The first-order valence-electron chi connectivity index (χ1n) is 8.89. The van der Waals surface area contributed by atoms with Gasteiger partial charge < -0.3 is 14.4 Å². The second kappa shape index (κ2) is 6.27. The molecule has 1 aromatic carbocycles. The first-order valence-corrected chi connectivity index (χ1v) is 8.89. The van der Waals surface area contributed by atoms with Crippen molar-refractivity contribution in [2.45, 2.75) is 13.0 Å². The van der Waals surface area contributed by atoms with Gasteiger partial charge in [-0.15, -0.1) is 0 Å². The molecule has 0 unspecified atom stereocenters. The van der Waals surface area contributed by atoms with E-state index in [0.29, 0.717) is 25.3 Å². The highest BCUT2D eigenvalue weighted by molar-refractivity contribution is 5.93. The van der Waals surface area contributed by atoms with E-state index in [4.69, 9.17) is 0 Å². The van der Waals surface area contributed by atoms with Gasteiger partial charge in [0.25, 0.3) is 5.91 Å². The number of aryl methyl sites for hydroxylation is 1. The summed E-state index contributed by atoms with van der Waals surface area (Å²) in [6.45, 7) is 3.38. The molecule has 2 aromatic rings. The Morgan fingerprint density at radius 1 is 1.12 bits per heavy atom. The number of likely N-dealkylation sites (tertiary alicyclic amines) is 2. The number of fused-ring (bicyclic) bond motifs is 1. The monoisotopic (exact) mass is 355 g/mol. The molecule has 0 N–H and O–H groups in total. The lowest BCUT2D eigenvalue weighted by molar-refractivity contribution is -0.130. The molecule has 2 amide bonds. The molecule has 136 valence electrons. The van der Waals surface area contributed by atoms with E-state index in [9.17, 15) is 14.0 Å². The number of rotatable bonds is 2. The molecule has 5 nitrogen and oxygen atoms in total. The molecule has 0 saturated carbocycles. The van der Waals surface area contributed by atoms with E-state index in [0.717, 1.165) is 5.56 Å². The fourth-order valence-corrected chi connectivity index (χ4v) is 4.50. The zero-order valence-electron chi connectivity index (χ0n) is 14.9. The molecule has 6 heteroatoms. The molecule has 0 spiro atoms. The van der Waals surface area contributed by atoms with Gasteiger partial charge in [0.05, 0.1) is 6.04 Å². The minimum absolute atomic E-state index is 0.00558. The SMILES string of the molecule is CC(=O)N1C[C@H]2CN(C(=O)c3cccn3C)C[C@H]2[C@@H]1c1cccc(F)c1. The van der Waals surface area contributed by atoms with Crippen LogP contribution in [0.4, 0.5) is 4.39 Å². The average molecular weight is 355 g/mol. The maximum Gasteiger partial charge on any atom is 0.270 e. The van der Waals surface area contributed by atoms with E-state index < -0.39 is 0 Å². The van der Waals surface area contributed by atoms with Gasteiger partial charge in [0.2, 0.25) is 5.91 Å². The zero-order chi connectivity index (χ0) is 18.4. The van der Waals surface area contributed by atoms with Crippen LogP contribution in [-0.4, -0.2) is 45.8 Å². The van der Waals surface area contributed by atoms with Crippen LogP contribution in [0.5, 0.6) is 0 Å². The average Bonchev–Trinajstić information content (AvgIpc) is 3.27. The highest BCUT2D eigenvalue weighted by Gasteiger charge is 2.49. The summed E-state index contributed by atoms with van der Waals surface area (Å²) < 4.78 is 15.6. The van der Waals surface area contributed by atoms with E-state index in [2.05, 4.69) is 0 Å². The van der Waals surface area contributed by atoms with Gasteiger partial charge in [-0.05, 0) is 29.8 Å². The van der Waals surface area contributed by atoms with Crippen molar-refractivity contribution in [3.05, 3.63) is 59.7 Å². The van der Waals surface area contributed by atoms with E-state index >= 15 is 0 Å². The first kappa shape index (κ1) is 16.8. The van der Waals surface area contributed by atoms with Crippen LogP contribution in [0.1, 0.15) is 29.0 Å². The van der Waals surface area contributed by atoms with Crippen molar-refractivity contribution in [3.63, 3.8) is 0 Å². The van der Waals surface area contributed by atoms with Crippen molar-refractivity contribution in [2.75, 3.05) is 19.6 Å². The van der Waals surface area contributed by atoms with Gasteiger partial charge in [-0.1, -0.05) is 12.1 Å². The molecule has 2 aliphatic rings. The molecule has 4 rings (SSSR count). The van der Waals surface area contributed by atoms with Crippen molar-refractivity contribution in [1.82, 2.24) is 14.4 Å². The van der Waals surface area contributed by atoms with Crippen molar-refractivity contribution in [1.29, 1.82) is 0 Å². The van der Waals surface area contributed by atoms with Gasteiger partial charge in [-0.2, -0.15) is 0 Å². The summed E-state index contributed by atoms with van der Waals surface area (Å²) in [5.74, 6) is 0.0544. The minimum Gasteiger partial charge on any atom is -0.347 e. The number of halogens is 1. The molecular formula is C20H22FN3O2. The summed E-state index contributed by atoms with van der Waals surface area (Å²) in [5, 5.41) is 0. The Morgan fingerprint density at radius 2 is 1.92 bits per heavy atom. The Kier molecular flexibility index (Phi) is 4.05. The summed E-state index contributed by atoms with van der Waals surface area (Å²) in [6.07, 6.45) is 1.86. The molecular weight excluding hydrogens is 333 g/mol. The molecule has 3 atom stereocenters. The third kappa shape index (κ3) is 2.69. The number of carbonyl (C=O) groups is 2. The predicted octanol–water partition coefficient (Wildman–Crippen LogP) is 2.46. The van der Waals surface area contributed by atoms with Crippen LogP contribution < -0.4 is 0 Å². The smallest absolute Gasteiger partial charge is 0.270 e. The van der Waals surface area contributed by atoms with Crippen LogP contribution in [0, 0.1) is 17.7 Å². The Bertz CT molecular complexity index is 862. The largest absolute Gasteiger partial charge is 0.347 e. The van der Waals surface area contributed by atoms with Gasteiger partial charge >= 0.3 is 0 Å². The number of aromatic nitrogens is 1. The highest BCUT2D eigenvalue weighted by Crippen LogP contribution is 2.45. The van der Waals surface area contributed by atoms with Crippen molar-refractivity contribution in [3.8, 4) is 0 Å². The fourth-order valence-electron chi connectivity index (χ4n) is 4.50. The van der Waals surface area contributed by atoms with Gasteiger partial charge in [-0.25, -0.2) is 4.39 Å². The maximum absolute atomic E-state index is 13.8. The first-order chi connectivity index (χ1) is 12.5. The third-order valence-corrected chi connectivity index (χ3v) is 5.71. The van der Waals surface area contributed by atoms with E-state index in [1.807, 2.05) is 45.8 Å². The molecule has 2 fully saturated rings. The maximum atomic E-state index is 13.8. The number of carbonyl (C=O) groups excluding carboxylic acids is 2. The second-order valence-corrected chi connectivity index (χ2v) is 7.31. The predicted molar refractivity (Wildman–Crippen MR) is 94.8 cm³/mol. The van der Waals surface area contributed by atoms with Gasteiger partial charge in [0.1, 0.15) is 11.5 Å². The van der Waals surface area contributed by atoms with E-state index in [1.165, 1.54) is 12.1 Å². The van der Waals surface area contributed by atoms with E-state index in [-0.39, 0.29) is 35.5 Å². The molecule has 2 saturated heterocycles. The third-order valence-electron chi connectivity index (χ3n) is 5.71. The Balaban J connectivity index is 1.61. The summed E-state index contributed by atoms with van der Waals surface area (Å²) >= 11 is 0. The van der Waals surface area contributed by atoms with Crippen LogP contribution in [-0.2, 0) is 11.8 Å². The Morgan fingerprint density at radius 3 is 2.58 bits per heavy atom. The van der Waals surface area contributed by atoms with Crippen LogP contribution in [0.15, 0.2) is 42.6 Å². The number of hydrogen-bond acceptors (Lipinski definition) is 2. The molecule has 1 aromatic heterocycles. The van der Waals surface area contributed by atoms with Crippen LogP contribution in [0.3, 0.4) is 0 Å². The summed E-state index contributed by atoms with van der Waals surface area (Å²) in [7, 11) is 1.86. The van der Waals surface area contributed by atoms with Crippen LogP contribution >= 0.6 is 0 Å². The van der Waals surface area contributed by atoms with Crippen LogP contribution in [0.25, 0.3) is 0 Å². The number of amides is 2. The lowest BCUT2D eigenvalue weighted by Gasteiger charge is -2.29. The molecule has 0 bridgehead atoms. The standard InChI is InChI=1S/C20H22FN3O2/c1-13(25)24-11-15-10-23(20(26)18-7-4-8-22(18)2)12-17(15)19(24)14-5-3-6-16(21)9-14/h3-9,15,17,19H,10-12H2,1-2H3/t15-,17-,19+/m1/s1. The Labute approximate surface area is 152 Å². The van der Waals surface area contributed by atoms with Crippen LogP contribution in [0.2, 0.25) is 0 Å². The number of nitrogens with zero attached hydrogens (tertiary/aromatic N) is 3. The lowest BCUT2D eigenvalue weighted by Crippen LogP contribution is -2.37. The molecule has 3 heterocycles. The minimum atomic E-state index is -0.302. The molecule has 0 aliphatic carbocycles. The van der Waals surface area contributed by atoms with Gasteiger partial charge in [0, 0.05) is 51.6 Å². The normalized spacial score (nSPS) is 24.8. The van der Waals surface area contributed by atoms with Crippen molar-refractivity contribution < 1.29 is 14.0 Å². The number of benzene rings is 1. The van der Waals surface area contributed by atoms with Gasteiger partial charge in [0.15, 0.2) is 0 Å². The van der Waals surface area contributed by atoms with Crippen molar-refractivity contribution >= 4 is 11.8 Å². The molecule has 0 radical (unpaired) electrons. The summed E-state index contributed by atoms with van der Waals surface area (Å²) in [4.78, 5) is 28.7. The fraction of sp³-hybridized carbons (Fsp3) is 0.400. The molecule has 26 heavy (non-hydrogen) atoms. The van der Waals surface area contributed by atoms with E-state index in [1.54, 1.807) is 13.0 Å². The molecule has 2 aliphatic heterocycles. The number of hydrogen-bond donors (Lipinski definition) is 0. The Hall–Kier alpha value is -2.63. The van der Waals surface area contributed by atoms with Gasteiger partial charge in [-0.3, -0.25) is 9.59 Å². The van der Waals surface area contributed by atoms with Crippen molar-refractivity contribution in [2.24, 2.45) is 18.9 Å². The summed E-state index contributed by atoms with van der Waals surface area (Å²) in [5.41, 5.74) is 1.47. The lowest BCUT2D eigenvalue weighted by atomic mass is 9.89. The summed E-state index contributed by atoms with van der Waals surface area (Å²) in [6, 6.07) is 9.96. The highest BCUT2D eigenvalue weighted by atomic mass is 19.1. The topological polar surface area (TPSA) is 45.6 Å². The zero-order valence-corrected chi connectivity index (χ0v) is 14.9.